The monoisotopic (exact) mass is 295 g/mol. The molecule has 1 aliphatic rings. The first-order valence-corrected chi connectivity index (χ1v) is 5.65. The molecule has 0 spiro atoms. The van der Waals surface area contributed by atoms with E-state index in [9.17, 15) is 23.1 Å². The third-order valence-electron chi connectivity index (χ3n) is 2.78. The lowest BCUT2D eigenvalue weighted by Crippen LogP contribution is -2.30. The van der Waals surface area contributed by atoms with Crippen LogP contribution in [0.5, 0.6) is 0 Å². The van der Waals surface area contributed by atoms with Gasteiger partial charge in [-0.15, -0.1) is 13.2 Å². The van der Waals surface area contributed by atoms with Gasteiger partial charge < -0.3 is 15.6 Å². The lowest BCUT2D eigenvalue weighted by atomic mass is 10.2. The van der Waals surface area contributed by atoms with Gasteiger partial charge in [-0.1, -0.05) is 0 Å². The highest BCUT2D eigenvalue weighted by Gasteiger charge is 2.39. The zero-order chi connectivity index (χ0) is 14.9. The molecule has 0 saturated carbocycles. The molecular formula is C10H12F3N3O4. The number of halogens is 3. The van der Waals surface area contributed by atoms with Crippen molar-refractivity contribution in [2.24, 2.45) is 0 Å². The van der Waals surface area contributed by atoms with Gasteiger partial charge in [-0.3, -0.25) is 9.30 Å². The SMILES string of the molecule is Nc1ccn([C@H]2C[C@H](O)[C@@H](COC(F)(F)F)O2)c(=O)n1. The predicted molar refractivity (Wildman–Crippen MR) is 59.5 cm³/mol. The van der Waals surface area contributed by atoms with Crippen molar-refractivity contribution in [3.05, 3.63) is 22.7 Å². The van der Waals surface area contributed by atoms with E-state index in [2.05, 4.69) is 9.72 Å². The summed E-state index contributed by atoms with van der Waals surface area (Å²) in [5.41, 5.74) is 4.61. The molecule has 3 atom stereocenters. The number of ether oxygens (including phenoxy) is 2. The van der Waals surface area contributed by atoms with Crippen molar-refractivity contribution in [1.82, 2.24) is 9.55 Å². The number of rotatable bonds is 3. The molecule has 20 heavy (non-hydrogen) atoms. The number of aliphatic hydroxyl groups is 1. The summed E-state index contributed by atoms with van der Waals surface area (Å²) in [5, 5.41) is 9.63. The highest BCUT2D eigenvalue weighted by atomic mass is 19.4. The van der Waals surface area contributed by atoms with Gasteiger partial charge in [-0.05, 0) is 6.07 Å². The molecule has 0 bridgehead atoms. The smallest absolute Gasteiger partial charge is 0.390 e. The van der Waals surface area contributed by atoms with Crippen molar-refractivity contribution < 1.29 is 27.8 Å². The molecule has 1 fully saturated rings. The van der Waals surface area contributed by atoms with Crippen LogP contribution in [0.4, 0.5) is 19.0 Å². The van der Waals surface area contributed by atoms with E-state index in [1.165, 1.54) is 12.3 Å². The maximum Gasteiger partial charge on any atom is 0.522 e. The van der Waals surface area contributed by atoms with Gasteiger partial charge in [0, 0.05) is 12.6 Å². The summed E-state index contributed by atoms with van der Waals surface area (Å²) in [6.07, 6.45) is -6.81. The first-order chi connectivity index (χ1) is 9.26. The predicted octanol–water partition coefficient (Wildman–Crippen LogP) is 0.0103. The number of anilines is 1. The second-order valence-electron chi connectivity index (χ2n) is 4.23. The van der Waals surface area contributed by atoms with Gasteiger partial charge in [0.25, 0.3) is 0 Å². The molecule has 2 rings (SSSR count). The number of hydrogen-bond acceptors (Lipinski definition) is 6. The van der Waals surface area contributed by atoms with Gasteiger partial charge in [-0.25, -0.2) is 4.79 Å². The zero-order valence-electron chi connectivity index (χ0n) is 10.1. The first-order valence-electron chi connectivity index (χ1n) is 5.65. The Bertz CT molecular complexity index is 533. The minimum Gasteiger partial charge on any atom is -0.390 e. The molecular weight excluding hydrogens is 283 g/mol. The summed E-state index contributed by atoms with van der Waals surface area (Å²) >= 11 is 0. The van der Waals surface area contributed by atoms with Crippen molar-refractivity contribution in [2.75, 3.05) is 12.3 Å². The van der Waals surface area contributed by atoms with Crippen molar-refractivity contribution in [2.45, 2.75) is 31.2 Å². The van der Waals surface area contributed by atoms with E-state index in [4.69, 9.17) is 10.5 Å². The third kappa shape index (κ3) is 3.46. The third-order valence-corrected chi connectivity index (χ3v) is 2.78. The maximum atomic E-state index is 11.9. The molecule has 1 aromatic heterocycles. The van der Waals surface area contributed by atoms with Gasteiger partial charge >= 0.3 is 12.1 Å². The molecule has 0 amide bonds. The Morgan fingerprint density at radius 3 is 2.90 bits per heavy atom. The second-order valence-corrected chi connectivity index (χ2v) is 4.23. The Kier molecular flexibility index (Phi) is 3.97. The Morgan fingerprint density at radius 2 is 2.30 bits per heavy atom. The topological polar surface area (TPSA) is 99.6 Å². The van der Waals surface area contributed by atoms with Crippen LogP contribution in [0.25, 0.3) is 0 Å². The van der Waals surface area contributed by atoms with Gasteiger partial charge in [0.15, 0.2) is 0 Å². The summed E-state index contributed by atoms with van der Waals surface area (Å²) < 4.78 is 45.6. The van der Waals surface area contributed by atoms with Crippen LogP contribution in [-0.4, -0.2) is 39.8 Å². The van der Waals surface area contributed by atoms with E-state index in [1.807, 2.05) is 0 Å². The highest BCUT2D eigenvalue weighted by molar-refractivity contribution is 5.23. The summed E-state index contributed by atoms with van der Waals surface area (Å²) in [6.45, 7) is -0.849. The summed E-state index contributed by atoms with van der Waals surface area (Å²) in [7, 11) is 0. The normalized spacial score (nSPS) is 26.9. The standard InChI is InChI=1S/C10H12F3N3O4/c11-10(12,13)19-4-6-5(17)3-8(20-6)16-2-1-7(14)15-9(16)18/h1-2,5-6,8,17H,3-4H2,(H2,14,15,18)/t5-,6+,8+/m0/s1. The van der Waals surface area contributed by atoms with Crippen molar-refractivity contribution >= 4 is 5.82 Å². The van der Waals surface area contributed by atoms with Crippen LogP contribution in [0.15, 0.2) is 17.1 Å². The van der Waals surface area contributed by atoms with Crippen LogP contribution in [0.2, 0.25) is 0 Å². The van der Waals surface area contributed by atoms with Crippen molar-refractivity contribution in [3.8, 4) is 0 Å². The quantitative estimate of drug-likeness (QED) is 0.815. The van der Waals surface area contributed by atoms with Crippen LogP contribution in [-0.2, 0) is 9.47 Å². The summed E-state index contributed by atoms with van der Waals surface area (Å²) in [6, 6.07) is 1.34. The minimum atomic E-state index is -4.80. The van der Waals surface area contributed by atoms with Crippen LogP contribution >= 0.6 is 0 Å². The number of aliphatic hydroxyl groups excluding tert-OH is 1. The first kappa shape index (κ1) is 14.8. The molecule has 112 valence electrons. The Hall–Kier alpha value is -1.65. The van der Waals surface area contributed by atoms with E-state index in [1.54, 1.807) is 0 Å². The maximum absolute atomic E-state index is 11.9. The largest absolute Gasteiger partial charge is 0.522 e. The molecule has 0 aromatic carbocycles. The molecule has 2 heterocycles. The van der Waals surface area contributed by atoms with E-state index in [0.29, 0.717) is 0 Å². The lowest BCUT2D eigenvalue weighted by Gasteiger charge is -2.16. The molecule has 0 aliphatic carbocycles. The van der Waals surface area contributed by atoms with E-state index < -0.39 is 37.1 Å². The fourth-order valence-electron chi connectivity index (χ4n) is 1.86. The number of aromatic nitrogens is 2. The molecule has 0 radical (unpaired) electrons. The molecule has 0 unspecified atom stereocenters. The molecule has 7 nitrogen and oxygen atoms in total. The highest BCUT2D eigenvalue weighted by Crippen LogP contribution is 2.29. The average molecular weight is 295 g/mol. The van der Waals surface area contributed by atoms with Gasteiger partial charge in [0.05, 0.1) is 12.7 Å². The van der Waals surface area contributed by atoms with Crippen molar-refractivity contribution in [1.29, 1.82) is 0 Å². The second kappa shape index (κ2) is 5.38. The van der Waals surface area contributed by atoms with Gasteiger partial charge in [0.2, 0.25) is 0 Å². The van der Waals surface area contributed by atoms with Crippen LogP contribution in [0.3, 0.4) is 0 Å². The summed E-state index contributed by atoms with van der Waals surface area (Å²) in [5.74, 6) is 0.0155. The van der Waals surface area contributed by atoms with Crippen LogP contribution in [0, 0.1) is 0 Å². The fraction of sp³-hybridized carbons (Fsp3) is 0.600. The van der Waals surface area contributed by atoms with E-state index in [-0.39, 0.29) is 12.2 Å². The zero-order valence-corrected chi connectivity index (χ0v) is 10.1. The van der Waals surface area contributed by atoms with Crippen molar-refractivity contribution in [3.63, 3.8) is 0 Å². The number of alkyl halides is 3. The molecule has 1 aliphatic heterocycles. The van der Waals surface area contributed by atoms with Crippen LogP contribution < -0.4 is 11.4 Å². The Morgan fingerprint density at radius 1 is 1.60 bits per heavy atom. The van der Waals surface area contributed by atoms with Gasteiger partial charge in [0.1, 0.15) is 18.1 Å². The Balaban J connectivity index is 2.05. The fourth-order valence-corrected chi connectivity index (χ4v) is 1.86. The number of hydrogen-bond donors (Lipinski definition) is 2. The minimum absolute atomic E-state index is 0.0155. The molecule has 1 aromatic rings. The summed E-state index contributed by atoms with van der Waals surface area (Å²) in [4.78, 5) is 15.0. The molecule has 10 heteroatoms. The molecule has 1 saturated heterocycles. The molecule has 3 N–H and O–H groups in total. The Labute approximate surface area is 110 Å². The number of nitrogens with zero attached hydrogens (tertiary/aromatic N) is 2. The van der Waals surface area contributed by atoms with Gasteiger partial charge in [-0.2, -0.15) is 4.98 Å². The lowest BCUT2D eigenvalue weighted by molar-refractivity contribution is -0.333. The number of nitrogen functional groups attached to an aromatic ring is 1. The van der Waals surface area contributed by atoms with Crippen LogP contribution in [0.1, 0.15) is 12.6 Å². The number of nitrogens with two attached hydrogens (primary N) is 1. The van der Waals surface area contributed by atoms with E-state index in [0.717, 1.165) is 4.57 Å². The average Bonchev–Trinajstić information content (AvgIpc) is 2.67. The van der Waals surface area contributed by atoms with E-state index >= 15 is 0 Å².